The first kappa shape index (κ1) is 12.7. The van der Waals surface area contributed by atoms with E-state index in [0.29, 0.717) is 19.4 Å². The molecule has 0 spiro atoms. The quantitative estimate of drug-likeness (QED) is 0.890. The van der Waals surface area contributed by atoms with Crippen molar-refractivity contribution >= 4 is 5.97 Å². The second-order valence-corrected chi connectivity index (χ2v) is 4.43. The highest BCUT2D eigenvalue weighted by Crippen LogP contribution is 2.38. The Labute approximate surface area is 107 Å². The Morgan fingerprint density at radius 2 is 2.11 bits per heavy atom. The van der Waals surface area contributed by atoms with Crippen LogP contribution in [0.2, 0.25) is 0 Å². The highest BCUT2D eigenvalue weighted by atomic mass is 16.5. The van der Waals surface area contributed by atoms with Gasteiger partial charge >= 0.3 is 5.97 Å². The van der Waals surface area contributed by atoms with Gasteiger partial charge in [0.15, 0.2) is 0 Å². The summed E-state index contributed by atoms with van der Waals surface area (Å²) in [5.41, 5.74) is 2.09. The molecule has 2 rings (SSSR count). The van der Waals surface area contributed by atoms with Crippen LogP contribution in [0.4, 0.5) is 0 Å². The summed E-state index contributed by atoms with van der Waals surface area (Å²) >= 11 is 0. The number of aliphatic carboxylic acids is 1. The standard InChI is InChI=1S/C14H18O4/c1-3-18-13-7-6-12(17-2)11-8-9(14(15)16)4-5-10(11)13/h6-7,9H,3-5,8H2,1-2H3,(H,15,16). The van der Waals surface area contributed by atoms with Crippen LogP contribution in [0.15, 0.2) is 12.1 Å². The summed E-state index contributed by atoms with van der Waals surface area (Å²) in [6.07, 6.45) is 1.92. The predicted molar refractivity (Wildman–Crippen MR) is 67.3 cm³/mol. The lowest BCUT2D eigenvalue weighted by Gasteiger charge is -2.25. The number of fused-ring (bicyclic) bond motifs is 1. The Morgan fingerprint density at radius 1 is 1.39 bits per heavy atom. The molecule has 1 atom stereocenters. The van der Waals surface area contributed by atoms with Gasteiger partial charge in [-0.3, -0.25) is 4.79 Å². The third-order valence-corrected chi connectivity index (χ3v) is 3.41. The van der Waals surface area contributed by atoms with Crippen LogP contribution in [0.25, 0.3) is 0 Å². The minimum atomic E-state index is -0.732. The van der Waals surface area contributed by atoms with Gasteiger partial charge in [0.2, 0.25) is 0 Å². The maximum atomic E-state index is 11.1. The average Bonchev–Trinajstić information content (AvgIpc) is 2.38. The molecule has 0 bridgehead atoms. The van der Waals surface area contributed by atoms with Crippen molar-refractivity contribution in [1.29, 1.82) is 0 Å². The van der Waals surface area contributed by atoms with Crippen molar-refractivity contribution in [2.75, 3.05) is 13.7 Å². The van der Waals surface area contributed by atoms with Crippen LogP contribution in [0.5, 0.6) is 11.5 Å². The summed E-state index contributed by atoms with van der Waals surface area (Å²) in [5, 5.41) is 9.13. The Morgan fingerprint density at radius 3 is 2.72 bits per heavy atom. The molecule has 18 heavy (non-hydrogen) atoms. The molecule has 4 heteroatoms. The molecule has 0 aliphatic heterocycles. The smallest absolute Gasteiger partial charge is 0.306 e. The number of rotatable bonds is 4. The number of hydrogen-bond acceptors (Lipinski definition) is 3. The molecule has 1 aromatic rings. The first-order chi connectivity index (χ1) is 8.67. The molecule has 1 unspecified atom stereocenters. The fourth-order valence-electron chi connectivity index (χ4n) is 2.51. The van der Waals surface area contributed by atoms with Gasteiger partial charge in [-0.2, -0.15) is 0 Å². The average molecular weight is 250 g/mol. The molecule has 0 saturated heterocycles. The number of benzene rings is 1. The van der Waals surface area contributed by atoms with E-state index in [1.807, 2.05) is 19.1 Å². The van der Waals surface area contributed by atoms with Crippen molar-refractivity contribution < 1.29 is 19.4 Å². The molecular weight excluding hydrogens is 232 g/mol. The molecule has 1 aliphatic carbocycles. The summed E-state index contributed by atoms with van der Waals surface area (Å²) in [6.45, 7) is 2.56. The van der Waals surface area contributed by atoms with E-state index in [4.69, 9.17) is 14.6 Å². The van der Waals surface area contributed by atoms with Crippen LogP contribution in [0.1, 0.15) is 24.5 Å². The lowest BCUT2D eigenvalue weighted by atomic mass is 9.83. The molecule has 0 saturated carbocycles. The molecule has 1 aromatic carbocycles. The van der Waals surface area contributed by atoms with Gasteiger partial charge in [0.05, 0.1) is 19.6 Å². The van der Waals surface area contributed by atoms with E-state index in [1.54, 1.807) is 7.11 Å². The van der Waals surface area contributed by atoms with Crippen molar-refractivity contribution in [3.05, 3.63) is 23.3 Å². The summed E-state index contributed by atoms with van der Waals surface area (Å²) in [6, 6.07) is 3.76. The summed E-state index contributed by atoms with van der Waals surface area (Å²) in [5.74, 6) is 0.573. The van der Waals surface area contributed by atoms with Crippen LogP contribution in [-0.2, 0) is 17.6 Å². The molecule has 98 valence electrons. The van der Waals surface area contributed by atoms with Gasteiger partial charge in [-0.05, 0) is 38.3 Å². The normalized spacial score (nSPS) is 18.0. The monoisotopic (exact) mass is 250 g/mol. The minimum Gasteiger partial charge on any atom is -0.496 e. The van der Waals surface area contributed by atoms with Gasteiger partial charge in [0, 0.05) is 11.1 Å². The Hall–Kier alpha value is -1.71. The van der Waals surface area contributed by atoms with E-state index in [0.717, 1.165) is 29.0 Å². The van der Waals surface area contributed by atoms with Crippen LogP contribution in [-0.4, -0.2) is 24.8 Å². The third-order valence-electron chi connectivity index (χ3n) is 3.41. The molecule has 1 aliphatic rings. The second-order valence-electron chi connectivity index (χ2n) is 4.43. The Bertz CT molecular complexity index is 453. The van der Waals surface area contributed by atoms with Gasteiger partial charge in [-0.15, -0.1) is 0 Å². The van der Waals surface area contributed by atoms with E-state index in [-0.39, 0.29) is 5.92 Å². The molecular formula is C14H18O4. The topological polar surface area (TPSA) is 55.8 Å². The molecule has 0 fully saturated rings. The van der Waals surface area contributed by atoms with Crippen LogP contribution in [0, 0.1) is 5.92 Å². The lowest BCUT2D eigenvalue weighted by molar-refractivity contribution is -0.142. The molecule has 0 radical (unpaired) electrons. The van der Waals surface area contributed by atoms with Crippen LogP contribution < -0.4 is 9.47 Å². The van der Waals surface area contributed by atoms with E-state index >= 15 is 0 Å². The zero-order valence-corrected chi connectivity index (χ0v) is 10.7. The second kappa shape index (κ2) is 5.29. The van der Waals surface area contributed by atoms with E-state index in [2.05, 4.69) is 0 Å². The number of carbonyl (C=O) groups is 1. The van der Waals surface area contributed by atoms with Gasteiger partial charge in [-0.1, -0.05) is 0 Å². The van der Waals surface area contributed by atoms with E-state index < -0.39 is 5.97 Å². The molecule has 0 amide bonds. The summed E-state index contributed by atoms with van der Waals surface area (Å²) in [7, 11) is 1.61. The first-order valence-electron chi connectivity index (χ1n) is 6.21. The number of ether oxygens (including phenoxy) is 2. The first-order valence-corrected chi connectivity index (χ1v) is 6.21. The van der Waals surface area contributed by atoms with Gasteiger partial charge in [0.1, 0.15) is 11.5 Å². The summed E-state index contributed by atoms with van der Waals surface area (Å²) in [4.78, 5) is 11.1. The van der Waals surface area contributed by atoms with Gasteiger partial charge in [-0.25, -0.2) is 0 Å². The van der Waals surface area contributed by atoms with Crippen LogP contribution >= 0.6 is 0 Å². The Kier molecular flexibility index (Phi) is 3.75. The van der Waals surface area contributed by atoms with Crippen molar-refractivity contribution in [2.24, 2.45) is 5.92 Å². The maximum Gasteiger partial charge on any atom is 0.306 e. The molecule has 1 N–H and O–H groups in total. The van der Waals surface area contributed by atoms with Crippen molar-refractivity contribution in [2.45, 2.75) is 26.2 Å². The highest BCUT2D eigenvalue weighted by Gasteiger charge is 2.28. The number of carboxylic acids is 1. The molecule has 0 heterocycles. The number of methoxy groups -OCH3 is 1. The van der Waals surface area contributed by atoms with E-state index in [9.17, 15) is 4.79 Å². The zero-order chi connectivity index (χ0) is 13.1. The highest BCUT2D eigenvalue weighted by molar-refractivity contribution is 5.71. The van der Waals surface area contributed by atoms with Crippen molar-refractivity contribution in [3.8, 4) is 11.5 Å². The zero-order valence-electron chi connectivity index (χ0n) is 10.7. The fourth-order valence-corrected chi connectivity index (χ4v) is 2.51. The number of hydrogen-bond donors (Lipinski definition) is 1. The fraction of sp³-hybridized carbons (Fsp3) is 0.500. The van der Waals surface area contributed by atoms with Gasteiger partial charge in [0.25, 0.3) is 0 Å². The molecule has 0 aromatic heterocycles. The summed E-state index contributed by atoms with van der Waals surface area (Å²) < 4.78 is 10.9. The van der Waals surface area contributed by atoms with Gasteiger partial charge < -0.3 is 14.6 Å². The van der Waals surface area contributed by atoms with Crippen molar-refractivity contribution in [3.63, 3.8) is 0 Å². The predicted octanol–water partition coefficient (Wildman–Crippen LogP) is 2.28. The molecule has 4 nitrogen and oxygen atoms in total. The minimum absolute atomic E-state index is 0.316. The number of carboxylic acid groups (broad SMARTS) is 1. The van der Waals surface area contributed by atoms with Crippen molar-refractivity contribution in [1.82, 2.24) is 0 Å². The largest absolute Gasteiger partial charge is 0.496 e. The lowest BCUT2D eigenvalue weighted by Crippen LogP contribution is -2.23. The van der Waals surface area contributed by atoms with Crippen LogP contribution in [0.3, 0.4) is 0 Å². The van der Waals surface area contributed by atoms with E-state index in [1.165, 1.54) is 0 Å². The maximum absolute atomic E-state index is 11.1. The third kappa shape index (κ3) is 2.28. The Balaban J connectivity index is 2.40. The SMILES string of the molecule is CCOc1ccc(OC)c2c1CCC(C(=O)O)C2.